The highest BCUT2D eigenvalue weighted by molar-refractivity contribution is 5.84. The van der Waals surface area contributed by atoms with Crippen LogP contribution < -0.4 is 10.6 Å². The lowest BCUT2D eigenvalue weighted by atomic mass is 9.72. The number of carbonyl (C=O) groups is 1. The molecule has 1 saturated heterocycles. The number of amides is 1. The van der Waals surface area contributed by atoms with Gasteiger partial charge in [0.1, 0.15) is 5.82 Å². The Bertz CT molecular complexity index is 1120. The van der Waals surface area contributed by atoms with Gasteiger partial charge < -0.3 is 20.5 Å². The summed E-state index contributed by atoms with van der Waals surface area (Å²) in [6.45, 7) is 1.91. The molecule has 1 aliphatic heterocycles. The van der Waals surface area contributed by atoms with Crippen LogP contribution in [-0.4, -0.2) is 42.9 Å². The molecule has 1 amide bonds. The number of para-hydroxylation sites is 1. The molecule has 1 fully saturated rings. The summed E-state index contributed by atoms with van der Waals surface area (Å²) < 4.78 is 20.0. The zero-order valence-electron chi connectivity index (χ0n) is 18.8. The smallest absolute Gasteiger partial charge is 0.406 e. The molecule has 0 bridgehead atoms. The van der Waals surface area contributed by atoms with Crippen LogP contribution in [0.5, 0.6) is 0 Å². The highest BCUT2D eigenvalue weighted by Crippen LogP contribution is 2.43. The number of halogens is 1. The lowest BCUT2D eigenvalue weighted by molar-refractivity contribution is -0.0417. The van der Waals surface area contributed by atoms with Crippen molar-refractivity contribution in [2.24, 2.45) is 5.92 Å². The first kappa shape index (κ1) is 23.1. The maximum Gasteiger partial charge on any atom is 0.406 e. The van der Waals surface area contributed by atoms with Gasteiger partial charge in [0.25, 0.3) is 0 Å². The highest BCUT2D eigenvalue weighted by Gasteiger charge is 2.40. The first-order chi connectivity index (χ1) is 16.0. The molecule has 6 nitrogen and oxygen atoms in total. The number of aromatic nitrogens is 1. The quantitative estimate of drug-likeness (QED) is 0.465. The Morgan fingerprint density at radius 1 is 1.30 bits per heavy atom. The van der Waals surface area contributed by atoms with Crippen LogP contribution in [0.3, 0.4) is 0 Å². The van der Waals surface area contributed by atoms with Gasteiger partial charge in [0, 0.05) is 41.7 Å². The number of hydrogen-bond donors (Lipinski definition) is 3. The van der Waals surface area contributed by atoms with Gasteiger partial charge in [-0.25, -0.2) is 9.18 Å². The zero-order valence-corrected chi connectivity index (χ0v) is 18.8. The Morgan fingerprint density at radius 3 is 2.94 bits per heavy atom. The van der Waals surface area contributed by atoms with Gasteiger partial charge in [-0.15, -0.1) is 0 Å². The summed E-state index contributed by atoms with van der Waals surface area (Å²) in [5, 5.41) is 19.1. The number of fused-ring (bicyclic) bond motifs is 1. The summed E-state index contributed by atoms with van der Waals surface area (Å²) >= 11 is 0. The molecule has 1 unspecified atom stereocenters. The lowest BCUT2D eigenvalue weighted by Gasteiger charge is -2.40. The van der Waals surface area contributed by atoms with Crippen LogP contribution in [0, 0.1) is 11.7 Å². The Hall–Kier alpha value is -3.03. The number of alkyl carbamates (subject to hydrolysis) is 1. The molecule has 4 rings (SSSR count). The largest absolute Gasteiger partial charge is 0.453 e. The SMILES string of the molecule is COC(=O)NCCCC(O)(c1cccc(F)c1-c1cnc2ccccc2c1)[C@@H]1CCCNC1. The topological polar surface area (TPSA) is 83.5 Å². The van der Waals surface area contributed by atoms with Gasteiger partial charge in [-0.2, -0.15) is 0 Å². The third kappa shape index (κ3) is 4.99. The van der Waals surface area contributed by atoms with Crippen molar-refractivity contribution < 1.29 is 19.0 Å². The predicted octanol–water partition coefficient (Wildman–Crippen LogP) is 4.36. The van der Waals surface area contributed by atoms with Gasteiger partial charge in [0.05, 0.1) is 18.2 Å². The molecular weight excluding hydrogens is 421 g/mol. The molecular formula is C26H30FN3O3. The number of aliphatic hydroxyl groups is 1. The van der Waals surface area contributed by atoms with E-state index in [9.17, 15) is 9.90 Å². The summed E-state index contributed by atoms with van der Waals surface area (Å²) in [5.41, 5.74) is 1.14. The summed E-state index contributed by atoms with van der Waals surface area (Å²) in [4.78, 5) is 16.0. The molecule has 174 valence electrons. The molecule has 2 heterocycles. The zero-order chi connectivity index (χ0) is 23.3. The van der Waals surface area contributed by atoms with E-state index in [1.54, 1.807) is 12.3 Å². The number of piperidine rings is 1. The molecule has 0 spiro atoms. The van der Waals surface area contributed by atoms with Gasteiger partial charge in [0.15, 0.2) is 0 Å². The number of rotatable bonds is 7. The van der Waals surface area contributed by atoms with E-state index in [-0.39, 0.29) is 11.7 Å². The number of ether oxygens (including phenoxy) is 1. The van der Waals surface area contributed by atoms with E-state index in [1.165, 1.54) is 13.2 Å². The van der Waals surface area contributed by atoms with E-state index in [4.69, 9.17) is 0 Å². The Kier molecular flexibility index (Phi) is 7.20. The minimum atomic E-state index is -1.27. The summed E-state index contributed by atoms with van der Waals surface area (Å²) in [6, 6.07) is 14.5. The minimum Gasteiger partial charge on any atom is -0.453 e. The van der Waals surface area contributed by atoms with Crippen molar-refractivity contribution in [3.63, 3.8) is 0 Å². The van der Waals surface area contributed by atoms with E-state index in [0.717, 1.165) is 30.3 Å². The second-order valence-electron chi connectivity index (χ2n) is 8.57. The number of benzene rings is 2. The third-order valence-electron chi connectivity index (χ3n) is 6.52. The van der Waals surface area contributed by atoms with Crippen LogP contribution in [0.1, 0.15) is 31.2 Å². The van der Waals surface area contributed by atoms with Gasteiger partial charge in [-0.3, -0.25) is 4.98 Å². The first-order valence-corrected chi connectivity index (χ1v) is 11.4. The van der Waals surface area contributed by atoms with Gasteiger partial charge in [-0.05, 0) is 56.0 Å². The van der Waals surface area contributed by atoms with Crippen LogP contribution in [0.15, 0.2) is 54.7 Å². The van der Waals surface area contributed by atoms with Gasteiger partial charge in [0.2, 0.25) is 0 Å². The van der Waals surface area contributed by atoms with Crippen molar-refractivity contribution in [2.45, 2.75) is 31.3 Å². The number of nitrogens with one attached hydrogen (secondary N) is 2. The molecule has 3 aromatic rings. The molecule has 33 heavy (non-hydrogen) atoms. The fourth-order valence-corrected chi connectivity index (χ4v) is 4.82. The number of hydrogen-bond acceptors (Lipinski definition) is 5. The van der Waals surface area contributed by atoms with Gasteiger partial charge in [-0.1, -0.05) is 30.3 Å². The normalized spacial score (nSPS) is 18.0. The Labute approximate surface area is 193 Å². The van der Waals surface area contributed by atoms with Crippen molar-refractivity contribution in [3.8, 4) is 11.1 Å². The van der Waals surface area contributed by atoms with Crippen molar-refractivity contribution >= 4 is 17.0 Å². The van der Waals surface area contributed by atoms with Crippen molar-refractivity contribution in [3.05, 3.63) is 66.1 Å². The molecule has 0 radical (unpaired) electrons. The van der Waals surface area contributed by atoms with Crippen molar-refractivity contribution in [1.29, 1.82) is 0 Å². The van der Waals surface area contributed by atoms with Gasteiger partial charge >= 0.3 is 6.09 Å². The fourth-order valence-electron chi connectivity index (χ4n) is 4.82. The van der Waals surface area contributed by atoms with Crippen LogP contribution in [0.4, 0.5) is 9.18 Å². The Morgan fingerprint density at radius 2 is 2.15 bits per heavy atom. The van der Waals surface area contributed by atoms with Crippen LogP contribution >= 0.6 is 0 Å². The average Bonchev–Trinajstić information content (AvgIpc) is 2.86. The molecule has 1 aromatic heterocycles. The minimum absolute atomic E-state index is 0.0849. The number of nitrogens with zero attached hydrogens (tertiary/aromatic N) is 1. The number of methoxy groups -OCH3 is 1. The van der Waals surface area contributed by atoms with E-state index in [2.05, 4.69) is 20.4 Å². The molecule has 0 saturated carbocycles. The molecule has 0 aliphatic carbocycles. The maximum atomic E-state index is 15.3. The lowest BCUT2D eigenvalue weighted by Crippen LogP contribution is -2.45. The maximum absolute atomic E-state index is 15.3. The summed E-state index contributed by atoms with van der Waals surface area (Å²) in [5.74, 6) is -0.474. The molecule has 3 N–H and O–H groups in total. The number of pyridine rings is 1. The van der Waals surface area contributed by atoms with Crippen molar-refractivity contribution in [2.75, 3.05) is 26.7 Å². The third-order valence-corrected chi connectivity index (χ3v) is 6.52. The molecule has 7 heteroatoms. The van der Waals surface area contributed by atoms with Crippen LogP contribution in [-0.2, 0) is 10.3 Å². The van der Waals surface area contributed by atoms with E-state index in [1.807, 2.05) is 36.4 Å². The average molecular weight is 452 g/mol. The predicted molar refractivity (Wildman–Crippen MR) is 126 cm³/mol. The van der Waals surface area contributed by atoms with Crippen molar-refractivity contribution in [1.82, 2.24) is 15.6 Å². The van der Waals surface area contributed by atoms with E-state index >= 15 is 4.39 Å². The van der Waals surface area contributed by atoms with E-state index in [0.29, 0.717) is 42.6 Å². The second kappa shape index (κ2) is 10.3. The fraction of sp³-hybridized carbons (Fsp3) is 0.385. The first-order valence-electron chi connectivity index (χ1n) is 11.4. The molecule has 2 aromatic carbocycles. The number of carbonyl (C=O) groups excluding carboxylic acids is 1. The Balaban J connectivity index is 1.74. The monoisotopic (exact) mass is 451 g/mol. The molecule has 1 aliphatic rings. The van der Waals surface area contributed by atoms with Crippen LogP contribution in [0.2, 0.25) is 0 Å². The van der Waals surface area contributed by atoms with E-state index < -0.39 is 11.7 Å². The second-order valence-corrected chi connectivity index (χ2v) is 8.57. The van der Waals surface area contributed by atoms with Crippen LogP contribution in [0.25, 0.3) is 22.0 Å². The summed E-state index contributed by atoms with van der Waals surface area (Å²) in [6.07, 6.45) is 3.83. The summed E-state index contributed by atoms with van der Waals surface area (Å²) in [7, 11) is 1.32. The highest BCUT2D eigenvalue weighted by atomic mass is 19.1. The molecule has 2 atom stereocenters. The standard InChI is InChI=1S/C26H30FN3O3/c1-33-25(31)29-14-6-12-26(32,20-8-5-13-28-17-20)21-9-4-10-22(27)24(21)19-15-18-7-2-3-11-23(18)30-16-19/h2-4,7,9-11,15-16,20,28,32H,5-6,8,12-14,17H2,1H3,(H,29,31)/t20-,26?/m1/s1.